The maximum atomic E-state index is 8.78. The molecule has 0 heterocycles. The second-order valence-corrected chi connectivity index (χ2v) is 2.74. The SMILES string of the molecule is C=CCSCC(O)CO. The maximum Gasteiger partial charge on any atom is 0.0861 e. The molecule has 1 atom stereocenters. The molecule has 54 valence electrons. The van der Waals surface area contributed by atoms with Crippen molar-refractivity contribution in [3.8, 4) is 0 Å². The fourth-order valence-electron chi connectivity index (χ4n) is 0.340. The van der Waals surface area contributed by atoms with E-state index in [0.717, 1.165) is 5.75 Å². The second-order valence-electron chi connectivity index (χ2n) is 1.66. The topological polar surface area (TPSA) is 40.5 Å². The van der Waals surface area contributed by atoms with Crippen LogP contribution in [0.3, 0.4) is 0 Å². The highest BCUT2D eigenvalue weighted by Gasteiger charge is 1.98. The Hall–Kier alpha value is 0.01000. The summed E-state index contributed by atoms with van der Waals surface area (Å²) in [6, 6.07) is 0. The zero-order valence-corrected chi connectivity index (χ0v) is 6.10. The molecule has 1 unspecified atom stereocenters. The summed E-state index contributed by atoms with van der Waals surface area (Å²) in [4.78, 5) is 0. The monoisotopic (exact) mass is 148 g/mol. The first-order valence-corrected chi connectivity index (χ1v) is 3.94. The summed E-state index contributed by atoms with van der Waals surface area (Å²) in [7, 11) is 0. The fraction of sp³-hybridized carbons (Fsp3) is 0.667. The molecule has 0 bridgehead atoms. The number of thioether (sulfide) groups is 1. The molecular formula is C6H12O2S. The van der Waals surface area contributed by atoms with Crippen LogP contribution >= 0.6 is 11.8 Å². The summed E-state index contributed by atoms with van der Waals surface area (Å²) < 4.78 is 0. The van der Waals surface area contributed by atoms with Gasteiger partial charge in [-0.25, -0.2) is 0 Å². The van der Waals surface area contributed by atoms with Crippen LogP contribution in [0.25, 0.3) is 0 Å². The highest BCUT2D eigenvalue weighted by molar-refractivity contribution is 7.99. The smallest absolute Gasteiger partial charge is 0.0861 e. The molecule has 9 heavy (non-hydrogen) atoms. The maximum absolute atomic E-state index is 8.78. The van der Waals surface area contributed by atoms with E-state index in [0.29, 0.717) is 5.75 Å². The molecule has 0 aliphatic heterocycles. The third kappa shape index (κ3) is 5.89. The Bertz CT molecular complexity index is 75.5. The molecule has 0 amide bonds. The lowest BCUT2D eigenvalue weighted by Crippen LogP contribution is -2.14. The number of rotatable bonds is 5. The number of hydrogen-bond acceptors (Lipinski definition) is 3. The Morgan fingerprint density at radius 1 is 1.67 bits per heavy atom. The van der Waals surface area contributed by atoms with Crippen LogP contribution in [-0.2, 0) is 0 Å². The van der Waals surface area contributed by atoms with Gasteiger partial charge in [-0.3, -0.25) is 0 Å². The molecule has 3 heteroatoms. The van der Waals surface area contributed by atoms with Crippen molar-refractivity contribution in [2.75, 3.05) is 18.1 Å². The molecule has 0 aromatic carbocycles. The first-order chi connectivity index (χ1) is 4.31. The predicted molar refractivity (Wildman–Crippen MR) is 40.6 cm³/mol. The van der Waals surface area contributed by atoms with Gasteiger partial charge in [0.15, 0.2) is 0 Å². The predicted octanol–water partition coefficient (Wildman–Crippen LogP) is 0.259. The molecule has 2 nitrogen and oxygen atoms in total. The molecule has 0 aliphatic carbocycles. The third-order valence-corrected chi connectivity index (χ3v) is 1.85. The van der Waals surface area contributed by atoms with Crippen LogP contribution in [0.15, 0.2) is 12.7 Å². The summed E-state index contributed by atoms with van der Waals surface area (Å²) >= 11 is 1.56. The van der Waals surface area contributed by atoms with Gasteiger partial charge in [-0.2, -0.15) is 11.8 Å². The molecule has 0 aromatic rings. The normalized spacial score (nSPS) is 13.1. The Labute approximate surface area is 59.6 Å². The standard InChI is InChI=1S/C6H12O2S/c1-2-3-9-5-6(8)4-7/h2,6-8H,1,3-5H2. The molecule has 0 rings (SSSR count). The second kappa shape index (κ2) is 6.13. The minimum Gasteiger partial charge on any atom is -0.394 e. The van der Waals surface area contributed by atoms with Gasteiger partial charge in [-0.1, -0.05) is 6.08 Å². The number of hydrogen-bond donors (Lipinski definition) is 2. The van der Waals surface area contributed by atoms with E-state index in [4.69, 9.17) is 10.2 Å². The van der Waals surface area contributed by atoms with Crippen molar-refractivity contribution in [3.05, 3.63) is 12.7 Å². The molecular weight excluding hydrogens is 136 g/mol. The fourth-order valence-corrected chi connectivity index (χ4v) is 1.02. The van der Waals surface area contributed by atoms with Crippen LogP contribution in [0.4, 0.5) is 0 Å². The minimum atomic E-state index is -0.574. The lowest BCUT2D eigenvalue weighted by Gasteiger charge is -2.03. The van der Waals surface area contributed by atoms with Gasteiger partial charge in [0.05, 0.1) is 12.7 Å². The van der Waals surface area contributed by atoms with Gasteiger partial charge in [0, 0.05) is 11.5 Å². The van der Waals surface area contributed by atoms with Crippen molar-refractivity contribution in [2.45, 2.75) is 6.10 Å². The van der Waals surface area contributed by atoms with Crippen LogP contribution < -0.4 is 0 Å². The first kappa shape index (κ1) is 9.01. The Morgan fingerprint density at radius 2 is 2.33 bits per heavy atom. The lowest BCUT2D eigenvalue weighted by molar-refractivity contribution is 0.113. The highest BCUT2D eigenvalue weighted by atomic mass is 32.2. The van der Waals surface area contributed by atoms with E-state index >= 15 is 0 Å². The summed E-state index contributed by atoms with van der Waals surface area (Å²) in [5.41, 5.74) is 0. The average molecular weight is 148 g/mol. The third-order valence-electron chi connectivity index (χ3n) is 0.757. The summed E-state index contributed by atoms with van der Waals surface area (Å²) in [5, 5.41) is 17.1. The van der Waals surface area contributed by atoms with E-state index in [1.807, 2.05) is 0 Å². The quantitative estimate of drug-likeness (QED) is 0.434. The molecule has 0 aromatic heterocycles. The summed E-state index contributed by atoms with van der Waals surface area (Å²) in [6.07, 6.45) is 1.20. The van der Waals surface area contributed by atoms with Crippen molar-refractivity contribution < 1.29 is 10.2 Å². The van der Waals surface area contributed by atoms with Crippen molar-refractivity contribution in [2.24, 2.45) is 0 Å². The van der Waals surface area contributed by atoms with Gasteiger partial charge < -0.3 is 10.2 Å². The molecule has 0 saturated carbocycles. The van der Waals surface area contributed by atoms with Gasteiger partial charge in [0.1, 0.15) is 0 Å². The zero-order chi connectivity index (χ0) is 7.11. The van der Waals surface area contributed by atoms with Gasteiger partial charge >= 0.3 is 0 Å². The van der Waals surface area contributed by atoms with Crippen LogP contribution in [0.1, 0.15) is 0 Å². The van der Waals surface area contributed by atoms with Crippen molar-refractivity contribution in [1.29, 1.82) is 0 Å². The highest BCUT2D eigenvalue weighted by Crippen LogP contribution is 2.01. The molecule has 0 aliphatic rings. The molecule has 2 N–H and O–H groups in total. The number of aliphatic hydroxyl groups is 2. The molecule has 0 saturated heterocycles. The van der Waals surface area contributed by atoms with Crippen LogP contribution in [0.5, 0.6) is 0 Å². The van der Waals surface area contributed by atoms with Gasteiger partial charge in [-0.05, 0) is 0 Å². The molecule has 0 fully saturated rings. The van der Waals surface area contributed by atoms with Crippen molar-refractivity contribution in [1.82, 2.24) is 0 Å². The Balaban J connectivity index is 2.96. The zero-order valence-electron chi connectivity index (χ0n) is 5.29. The van der Waals surface area contributed by atoms with E-state index in [1.54, 1.807) is 17.8 Å². The summed E-state index contributed by atoms with van der Waals surface area (Å²) in [5.74, 6) is 1.42. The van der Waals surface area contributed by atoms with Crippen molar-refractivity contribution in [3.63, 3.8) is 0 Å². The minimum absolute atomic E-state index is 0.149. The molecule has 0 spiro atoms. The number of aliphatic hydroxyl groups excluding tert-OH is 2. The average Bonchev–Trinajstić information content (AvgIpc) is 1.89. The van der Waals surface area contributed by atoms with Gasteiger partial charge in [-0.15, -0.1) is 6.58 Å². The Morgan fingerprint density at radius 3 is 2.78 bits per heavy atom. The van der Waals surface area contributed by atoms with Crippen LogP contribution in [0.2, 0.25) is 0 Å². The van der Waals surface area contributed by atoms with Gasteiger partial charge in [0.2, 0.25) is 0 Å². The van der Waals surface area contributed by atoms with E-state index in [1.165, 1.54) is 0 Å². The van der Waals surface area contributed by atoms with E-state index in [2.05, 4.69) is 6.58 Å². The summed E-state index contributed by atoms with van der Waals surface area (Å²) in [6.45, 7) is 3.37. The largest absolute Gasteiger partial charge is 0.394 e. The lowest BCUT2D eigenvalue weighted by atomic mass is 10.4. The van der Waals surface area contributed by atoms with Crippen LogP contribution in [0, 0.1) is 0 Å². The van der Waals surface area contributed by atoms with E-state index < -0.39 is 6.10 Å². The van der Waals surface area contributed by atoms with E-state index in [-0.39, 0.29) is 6.61 Å². The van der Waals surface area contributed by atoms with E-state index in [9.17, 15) is 0 Å². The van der Waals surface area contributed by atoms with Crippen LogP contribution in [-0.4, -0.2) is 34.4 Å². The first-order valence-electron chi connectivity index (χ1n) is 2.78. The van der Waals surface area contributed by atoms with Gasteiger partial charge in [0.25, 0.3) is 0 Å². The molecule has 0 radical (unpaired) electrons. The Kier molecular flexibility index (Phi) is 6.14. The van der Waals surface area contributed by atoms with Crippen molar-refractivity contribution >= 4 is 11.8 Å².